The molecule has 0 aliphatic heterocycles. The van der Waals surface area contributed by atoms with Crippen molar-refractivity contribution < 1.29 is 28.5 Å². The molecule has 0 fully saturated rings. The van der Waals surface area contributed by atoms with Crippen molar-refractivity contribution in [2.75, 3.05) is 0 Å². The summed E-state index contributed by atoms with van der Waals surface area (Å²) < 4.78 is 35.7. The van der Waals surface area contributed by atoms with Crippen molar-refractivity contribution in [1.29, 1.82) is 0 Å². The number of aryl methyl sites for hydroxylation is 1. The number of benzene rings is 3. The van der Waals surface area contributed by atoms with Gasteiger partial charge in [0.05, 0.1) is 10.2 Å². The van der Waals surface area contributed by atoms with E-state index < -0.39 is 17.6 Å². The van der Waals surface area contributed by atoms with E-state index in [9.17, 15) is 23.8 Å². The molecule has 1 aromatic heterocycles. The second kappa shape index (κ2) is 9.07. The van der Waals surface area contributed by atoms with Crippen LogP contribution in [0.2, 0.25) is 0 Å². The van der Waals surface area contributed by atoms with E-state index in [0.29, 0.717) is 27.2 Å². The molecule has 168 valence electrons. The van der Waals surface area contributed by atoms with Crippen molar-refractivity contribution in [3.05, 3.63) is 99.7 Å². The Balaban J connectivity index is 1.78. The summed E-state index contributed by atoms with van der Waals surface area (Å²) in [5.41, 5.74) is 2.72. The van der Waals surface area contributed by atoms with E-state index in [-0.39, 0.29) is 23.5 Å². The van der Waals surface area contributed by atoms with Crippen molar-refractivity contribution in [2.24, 2.45) is 0 Å². The van der Waals surface area contributed by atoms with Crippen LogP contribution >= 0.6 is 15.9 Å². The molecule has 1 heterocycles. The van der Waals surface area contributed by atoms with Gasteiger partial charge in [-0.3, -0.25) is 0 Å². The number of carbonyl (C=O) groups is 1. The third-order valence-corrected chi connectivity index (χ3v) is 5.80. The van der Waals surface area contributed by atoms with Gasteiger partial charge >= 0.3 is 5.97 Å². The standard InChI is InChI=1S/C25H18BrF2NO4/c1-14-5-9-22(29(14)17-8-10-23(30)19(12-17)25(31)32)18-3-2-4-20(26)24(18)33-13-15-6-7-16(27)11-21(15)28/h2-12,30H,13H2,1H3,(H,31,32). The fourth-order valence-corrected chi connectivity index (χ4v) is 4.05. The molecule has 4 aromatic rings. The van der Waals surface area contributed by atoms with Crippen LogP contribution in [0.3, 0.4) is 0 Å². The molecule has 0 atom stereocenters. The lowest BCUT2D eigenvalue weighted by atomic mass is 10.1. The van der Waals surface area contributed by atoms with Crippen LogP contribution in [0.15, 0.2) is 71.2 Å². The summed E-state index contributed by atoms with van der Waals surface area (Å²) >= 11 is 3.48. The molecule has 0 bridgehead atoms. The molecule has 4 rings (SSSR count). The minimum Gasteiger partial charge on any atom is -0.507 e. The van der Waals surface area contributed by atoms with Crippen LogP contribution in [0.5, 0.6) is 11.5 Å². The highest BCUT2D eigenvalue weighted by Crippen LogP contribution is 2.39. The van der Waals surface area contributed by atoms with Gasteiger partial charge in [0.25, 0.3) is 0 Å². The van der Waals surface area contributed by atoms with E-state index in [1.807, 2.05) is 35.8 Å². The number of phenols is 1. The maximum absolute atomic E-state index is 14.1. The summed E-state index contributed by atoms with van der Waals surface area (Å²) in [5, 5.41) is 19.3. The summed E-state index contributed by atoms with van der Waals surface area (Å²) in [4.78, 5) is 11.5. The van der Waals surface area contributed by atoms with Crippen molar-refractivity contribution in [1.82, 2.24) is 4.57 Å². The lowest BCUT2D eigenvalue weighted by Crippen LogP contribution is -2.05. The topological polar surface area (TPSA) is 71.7 Å². The number of hydrogen-bond acceptors (Lipinski definition) is 3. The van der Waals surface area contributed by atoms with Crippen molar-refractivity contribution in [3.63, 3.8) is 0 Å². The van der Waals surface area contributed by atoms with Crippen LogP contribution in [-0.2, 0) is 6.61 Å². The number of ether oxygens (including phenoxy) is 1. The molecular weight excluding hydrogens is 496 g/mol. The van der Waals surface area contributed by atoms with E-state index in [1.165, 1.54) is 24.3 Å². The maximum atomic E-state index is 14.1. The van der Waals surface area contributed by atoms with Crippen LogP contribution in [0.25, 0.3) is 16.9 Å². The number of para-hydroxylation sites is 1. The van der Waals surface area contributed by atoms with Crippen molar-refractivity contribution >= 4 is 21.9 Å². The Hall–Kier alpha value is -3.65. The molecule has 0 aliphatic rings. The van der Waals surface area contributed by atoms with Crippen LogP contribution < -0.4 is 4.74 Å². The van der Waals surface area contributed by atoms with E-state index in [1.54, 1.807) is 12.1 Å². The van der Waals surface area contributed by atoms with Gasteiger partial charge in [-0.1, -0.05) is 6.07 Å². The smallest absolute Gasteiger partial charge is 0.339 e. The molecule has 0 amide bonds. The average Bonchev–Trinajstić information content (AvgIpc) is 3.15. The fraction of sp³-hybridized carbons (Fsp3) is 0.0800. The quantitative estimate of drug-likeness (QED) is 0.309. The van der Waals surface area contributed by atoms with Crippen molar-refractivity contribution in [3.8, 4) is 28.4 Å². The highest BCUT2D eigenvalue weighted by molar-refractivity contribution is 9.10. The van der Waals surface area contributed by atoms with Gasteiger partial charge in [-0.15, -0.1) is 0 Å². The molecular formula is C25H18BrF2NO4. The summed E-state index contributed by atoms with van der Waals surface area (Å²) in [6, 6.07) is 16.8. The first kappa shape index (κ1) is 22.5. The number of halogens is 3. The van der Waals surface area contributed by atoms with Crippen LogP contribution in [0.1, 0.15) is 21.6 Å². The zero-order valence-corrected chi connectivity index (χ0v) is 18.9. The van der Waals surface area contributed by atoms with Gasteiger partial charge in [0.1, 0.15) is 35.3 Å². The highest BCUT2D eigenvalue weighted by atomic mass is 79.9. The number of aromatic nitrogens is 1. The second-order valence-corrected chi connectivity index (χ2v) is 8.20. The summed E-state index contributed by atoms with van der Waals surface area (Å²) in [6.45, 7) is 1.74. The first-order valence-corrected chi connectivity index (χ1v) is 10.7. The molecule has 0 unspecified atom stereocenters. The molecule has 0 radical (unpaired) electrons. The second-order valence-electron chi connectivity index (χ2n) is 7.34. The molecule has 0 aliphatic carbocycles. The summed E-state index contributed by atoms with van der Waals surface area (Å²) in [6.07, 6.45) is 0. The molecule has 3 aromatic carbocycles. The van der Waals surface area contributed by atoms with E-state index in [4.69, 9.17) is 4.74 Å². The van der Waals surface area contributed by atoms with Crippen molar-refractivity contribution in [2.45, 2.75) is 13.5 Å². The Kier molecular flexibility index (Phi) is 6.20. The lowest BCUT2D eigenvalue weighted by Gasteiger charge is -2.17. The predicted octanol–water partition coefficient (Wildman–Crippen LogP) is 6.48. The monoisotopic (exact) mass is 513 g/mol. The molecule has 2 N–H and O–H groups in total. The largest absolute Gasteiger partial charge is 0.507 e. The van der Waals surface area contributed by atoms with Gasteiger partial charge in [0, 0.05) is 28.6 Å². The minimum atomic E-state index is -1.24. The first-order chi connectivity index (χ1) is 15.8. The fourth-order valence-electron chi connectivity index (χ4n) is 3.57. The molecule has 0 saturated heterocycles. The number of carboxylic acid groups (broad SMARTS) is 1. The Labute approximate surface area is 196 Å². The molecule has 8 heteroatoms. The van der Waals surface area contributed by atoms with E-state index in [2.05, 4.69) is 15.9 Å². The third-order valence-electron chi connectivity index (χ3n) is 5.17. The molecule has 0 saturated carbocycles. The van der Waals surface area contributed by atoms with Gasteiger partial charge in [-0.05, 0) is 77.5 Å². The highest BCUT2D eigenvalue weighted by Gasteiger charge is 2.19. The third kappa shape index (κ3) is 4.47. The van der Waals surface area contributed by atoms with Gasteiger partial charge < -0.3 is 19.5 Å². The number of carboxylic acids is 1. The van der Waals surface area contributed by atoms with Gasteiger partial charge in [-0.25, -0.2) is 13.6 Å². The molecule has 0 spiro atoms. The Morgan fingerprint density at radius 3 is 2.58 bits per heavy atom. The zero-order valence-electron chi connectivity index (χ0n) is 17.3. The average molecular weight is 514 g/mol. The Morgan fingerprint density at radius 2 is 1.85 bits per heavy atom. The molecule has 5 nitrogen and oxygen atoms in total. The molecule has 33 heavy (non-hydrogen) atoms. The SMILES string of the molecule is Cc1ccc(-c2cccc(Br)c2OCc2ccc(F)cc2F)n1-c1ccc(O)c(C(=O)O)c1. The minimum absolute atomic E-state index is 0.121. The van der Waals surface area contributed by atoms with Crippen LogP contribution in [0, 0.1) is 18.6 Å². The summed E-state index contributed by atoms with van der Waals surface area (Å²) in [7, 11) is 0. The normalized spacial score (nSPS) is 10.9. The Morgan fingerprint density at radius 1 is 1.06 bits per heavy atom. The van der Waals surface area contributed by atoms with Crippen LogP contribution in [-0.4, -0.2) is 20.7 Å². The van der Waals surface area contributed by atoms with Crippen LogP contribution in [0.4, 0.5) is 8.78 Å². The van der Waals surface area contributed by atoms with Gasteiger partial charge in [0.15, 0.2) is 0 Å². The first-order valence-electron chi connectivity index (χ1n) is 9.87. The summed E-state index contributed by atoms with van der Waals surface area (Å²) in [5.74, 6) is -2.49. The van der Waals surface area contributed by atoms with E-state index >= 15 is 0 Å². The number of hydrogen-bond donors (Lipinski definition) is 2. The number of rotatable bonds is 6. The number of aromatic carboxylic acids is 1. The maximum Gasteiger partial charge on any atom is 0.339 e. The predicted molar refractivity (Wildman–Crippen MR) is 123 cm³/mol. The van der Waals surface area contributed by atoms with Gasteiger partial charge in [-0.2, -0.15) is 0 Å². The number of aromatic hydroxyl groups is 1. The van der Waals surface area contributed by atoms with Gasteiger partial charge in [0.2, 0.25) is 0 Å². The lowest BCUT2D eigenvalue weighted by molar-refractivity contribution is 0.0693. The Bertz CT molecular complexity index is 1370. The zero-order chi connectivity index (χ0) is 23.7. The number of nitrogens with zero attached hydrogens (tertiary/aromatic N) is 1. The van der Waals surface area contributed by atoms with E-state index in [0.717, 1.165) is 11.8 Å².